The summed E-state index contributed by atoms with van der Waals surface area (Å²) in [6.45, 7) is 4.93. The maximum Gasteiger partial charge on any atom is 0.253 e. The lowest BCUT2D eigenvalue weighted by Gasteiger charge is -2.26. The fraction of sp³-hybridized carbons (Fsp3) is 0.440. The summed E-state index contributed by atoms with van der Waals surface area (Å²) in [4.78, 5) is 27.4. The number of amides is 2. The lowest BCUT2D eigenvalue weighted by atomic mass is 10.1. The van der Waals surface area contributed by atoms with Crippen LogP contribution in [0.25, 0.3) is 0 Å². The smallest absolute Gasteiger partial charge is 0.253 e. The van der Waals surface area contributed by atoms with E-state index in [0.29, 0.717) is 37.4 Å². The maximum absolute atomic E-state index is 13.1. The van der Waals surface area contributed by atoms with Crippen LogP contribution in [0.3, 0.4) is 0 Å². The van der Waals surface area contributed by atoms with Gasteiger partial charge >= 0.3 is 0 Å². The van der Waals surface area contributed by atoms with Gasteiger partial charge in [0, 0.05) is 43.9 Å². The Bertz CT molecular complexity index is 1140. The first-order chi connectivity index (χ1) is 16.4. The molecule has 4 rings (SSSR count). The highest BCUT2D eigenvalue weighted by atomic mass is 32.2. The number of carbonyl (C=O) groups is 2. The molecular weight excluding hydrogens is 454 g/mol. The highest BCUT2D eigenvalue weighted by molar-refractivity contribution is 7.89. The number of rotatable bonds is 6. The molecular formula is C25H31N3O5S. The summed E-state index contributed by atoms with van der Waals surface area (Å²) in [5, 5.41) is 2.84. The molecule has 0 spiro atoms. The van der Waals surface area contributed by atoms with Crippen molar-refractivity contribution < 1.29 is 22.7 Å². The number of nitrogens with zero attached hydrogens (tertiary/aromatic N) is 2. The number of morpholine rings is 1. The third kappa shape index (κ3) is 5.48. The number of hydrogen-bond acceptors (Lipinski definition) is 5. The molecule has 0 aromatic heterocycles. The highest BCUT2D eigenvalue weighted by Gasteiger charge is 2.28. The van der Waals surface area contributed by atoms with Gasteiger partial charge in [0.2, 0.25) is 10.0 Å². The molecule has 2 aliphatic heterocycles. The summed E-state index contributed by atoms with van der Waals surface area (Å²) in [6, 6.07) is 12.0. The lowest BCUT2D eigenvalue weighted by molar-refractivity contribution is 0.0724. The second-order valence-electron chi connectivity index (χ2n) is 8.73. The van der Waals surface area contributed by atoms with E-state index in [2.05, 4.69) is 5.32 Å². The SMILES string of the molecule is Cc1ccc(C(=O)NCc2ccc(C(=O)N3CCCCC3)cc2)cc1S(=O)(=O)N1CCOCC1. The fourth-order valence-electron chi connectivity index (χ4n) is 4.27. The van der Waals surface area contributed by atoms with Gasteiger partial charge in [0.25, 0.3) is 11.8 Å². The van der Waals surface area contributed by atoms with Gasteiger partial charge in [-0.25, -0.2) is 8.42 Å². The molecule has 2 amide bonds. The van der Waals surface area contributed by atoms with Crippen LogP contribution < -0.4 is 5.32 Å². The van der Waals surface area contributed by atoms with Gasteiger partial charge in [-0.15, -0.1) is 0 Å². The van der Waals surface area contributed by atoms with Crippen LogP contribution >= 0.6 is 0 Å². The van der Waals surface area contributed by atoms with Crippen molar-refractivity contribution in [3.05, 3.63) is 64.7 Å². The first kappa shape index (κ1) is 24.4. The summed E-state index contributed by atoms with van der Waals surface area (Å²) in [6.07, 6.45) is 3.26. The second-order valence-corrected chi connectivity index (χ2v) is 10.6. The number of hydrogen-bond donors (Lipinski definition) is 1. The Balaban J connectivity index is 1.40. The van der Waals surface area contributed by atoms with Crippen molar-refractivity contribution in [3.8, 4) is 0 Å². The van der Waals surface area contributed by atoms with E-state index in [0.717, 1.165) is 31.5 Å². The number of nitrogens with one attached hydrogen (secondary N) is 1. The number of benzene rings is 2. The van der Waals surface area contributed by atoms with E-state index in [1.807, 2.05) is 17.0 Å². The Hall–Kier alpha value is -2.75. The first-order valence-corrected chi connectivity index (χ1v) is 13.2. The monoisotopic (exact) mass is 485 g/mol. The summed E-state index contributed by atoms with van der Waals surface area (Å²) in [5.74, 6) is -0.309. The number of ether oxygens (including phenoxy) is 1. The summed E-state index contributed by atoms with van der Waals surface area (Å²) in [5.41, 5.74) is 2.39. The van der Waals surface area contributed by atoms with Crippen molar-refractivity contribution in [1.82, 2.24) is 14.5 Å². The molecule has 2 fully saturated rings. The largest absolute Gasteiger partial charge is 0.379 e. The standard InChI is InChI=1S/C25H31N3O5S/c1-19-5-8-22(17-23(19)34(31,32)28-13-15-33-16-14-28)24(29)26-18-20-6-9-21(10-7-20)25(30)27-11-3-2-4-12-27/h5-10,17H,2-4,11-16,18H2,1H3,(H,26,29). The van der Waals surface area contributed by atoms with Crippen LogP contribution in [0.1, 0.15) is 51.1 Å². The number of carbonyl (C=O) groups excluding carboxylic acids is 2. The molecule has 2 aromatic rings. The van der Waals surface area contributed by atoms with Gasteiger partial charge in [-0.05, 0) is 61.6 Å². The number of piperidine rings is 1. The molecule has 34 heavy (non-hydrogen) atoms. The Kier molecular flexibility index (Phi) is 7.65. The van der Waals surface area contributed by atoms with E-state index in [1.54, 1.807) is 31.2 Å². The summed E-state index contributed by atoms with van der Waals surface area (Å²) >= 11 is 0. The van der Waals surface area contributed by atoms with Crippen LogP contribution in [-0.2, 0) is 21.3 Å². The highest BCUT2D eigenvalue weighted by Crippen LogP contribution is 2.22. The minimum Gasteiger partial charge on any atom is -0.379 e. The number of aryl methyl sites for hydroxylation is 1. The van der Waals surface area contributed by atoms with Crippen LogP contribution in [0.4, 0.5) is 0 Å². The van der Waals surface area contributed by atoms with Gasteiger partial charge in [0.15, 0.2) is 0 Å². The van der Waals surface area contributed by atoms with Crippen molar-refractivity contribution in [2.24, 2.45) is 0 Å². The number of likely N-dealkylation sites (tertiary alicyclic amines) is 1. The molecule has 9 heteroatoms. The van der Waals surface area contributed by atoms with Gasteiger partial charge in [-0.1, -0.05) is 18.2 Å². The quantitative estimate of drug-likeness (QED) is 0.679. The Morgan fingerprint density at radius 3 is 2.24 bits per heavy atom. The van der Waals surface area contributed by atoms with E-state index < -0.39 is 10.0 Å². The Morgan fingerprint density at radius 2 is 1.56 bits per heavy atom. The molecule has 0 bridgehead atoms. The van der Waals surface area contributed by atoms with Crippen molar-refractivity contribution in [2.75, 3.05) is 39.4 Å². The zero-order valence-electron chi connectivity index (χ0n) is 19.5. The van der Waals surface area contributed by atoms with Crippen LogP contribution in [0.2, 0.25) is 0 Å². The van der Waals surface area contributed by atoms with Crippen LogP contribution in [-0.4, -0.2) is 68.8 Å². The maximum atomic E-state index is 13.1. The van der Waals surface area contributed by atoms with Crippen molar-refractivity contribution >= 4 is 21.8 Å². The third-order valence-electron chi connectivity index (χ3n) is 6.34. The Labute approximate surface area is 200 Å². The minimum atomic E-state index is -3.70. The predicted octanol–water partition coefficient (Wildman–Crippen LogP) is 2.57. The molecule has 0 atom stereocenters. The van der Waals surface area contributed by atoms with Crippen molar-refractivity contribution in [1.29, 1.82) is 0 Å². The zero-order valence-corrected chi connectivity index (χ0v) is 20.3. The molecule has 182 valence electrons. The first-order valence-electron chi connectivity index (χ1n) is 11.7. The van der Waals surface area contributed by atoms with Gasteiger partial charge in [0.05, 0.1) is 18.1 Å². The van der Waals surface area contributed by atoms with Crippen molar-refractivity contribution in [3.63, 3.8) is 0 Å². The third-order valence-corrected chi connectivity index (χ3v) is 8.38. The Morgan fingerprint density at radius 1 is 0.912 bits per heavy atom. The molecule has 0 saturated carbocycles. The van der Waals surface area contributed by atoms with Gasteiger partial charge in [-0.3, -0.25) is 9.59 Å². The summed E-state index contributed by atoms with van der Waals surface area (Å²) < 4.78 is 32.8. The van der Waals surface area contributed by atoms with Crippen LogP contribution in [0.5, 0.6) is 0 Å². The van der Waals surface area contributed by atoms with Gasteiger partial charge < -0.3 is 15.0 Å². The van der Waals surface area contributed by atoms with E-state index >= 15 is 0 Å². The normalized spacial score (nSPS) is 17.4. The van der Waals surface area contributed by atoms with Gasteiger partial charge in [0.1, 0.15) is 0 Å². The van der Waals surface area contributed by atoms with E-state index in [4.69, 9.17) is 4.74 Å². The minimum absolute atomic E-state index is 0.0453. The molecule has 8 nitrogen and oxygen atoms in total. The lowest BCUT2D eigenvalue weighted by Crippen LogP contribution is -2.41. The molecule has 2 heterocycles. The van der Waals surface area contributed by atoms with Crippen molar-refractivity contribution in [2.45, 2.75) is 37.6 Å². The number of sulfonamides is 1. The summed E-state index contributed by atoms with van der Waals surface area (Å²) in [7, 11) is -3.70. The van der Waals surface area contributed by atoms with E-state index in [1.165, 1.54) is 16.8 Å². The molecule has 1 N–H and O–H groups in total. The van der Waals surface area contributed by atoms with Gasteiger partial charge in [-0.2, -0.15) is 4.31 Å². The second kappa shape index (κ2) is 10.7. The molecule has 0 aliphatic carbocycles. The molecule has 2 saturated heterocycles. The van der Waals surface area contributed by atoms with Crippen LogP contribution in [0.15, 0.2) is 47.4 Å². The zero-order chi connectivity index (χ0) is 24.1. The molecule has 2 aliphatic rings. The topological polar surface area (TPSA) is 96.0 Å². The van der Waals surface area contributed by atoms with E-state index in [9.17, 15) is 18.0 Å². The average Bonchev–Trinajstić information content (AvgIpc) is 2.88. The van der Waals surface area contributed by atoms with E-state index in [-0.39, 0.29) is 28.8 Å². The molecule has 0 radical (unpaired) electrons. The molecule has 0 unspecified atom stereocenters. The average molecular weight is 486 g/mol. The van der Waals surface area contributed by atoms with Crippen LogP contribution in [0, 0.1) is 6.92 Å². The fourth-order valence-corrected chi connectivity index (χ4v) is 5.93. The predicted molar refractivity (Wildman–Crippen MR) is 128 cm³/mol. The molecule has 2 aromatic carbocycles.